The van der Waals surface area contributed by atoms with Gasteiger partial charge in [0.25, 0.3) is 0 Å². The number of anilines is 1. The molecule has 0 unspecified atom stereocenters. The lowest BCUT2D eigenvalue weighted by atomic mass is 10.1. The molecular weight excluding hydrogens is 330 g/mol. The zero-order valence-corrected chi connectivity index (χ0v) is 14.6. The molecule has 3 rings (SSSR count). The van der Waals surface area contributed by atoms with Crippen LogP contribution >= 0.6 is 0 Å². The predicted octanol–water partition coefficient (Wildman–Crippen LogP) is 3.12. The molecule has 2 aliphatic rings. The molecule has 1 aromatic rings. The van der Waals surface area contributed by atoms with E-state index in [0.29, 0.717) is 37.4 Å². The molecule has 1 aromatic carbocycles. The third-order valence-corrected chi connectivity index (χ3v) is 4.40. The van der Waals surface area contributed by atoms with Crippen LogP contribution in [0.1, 0.15) is 36.7 Å². The molecule has 1 aliphatic carbocycles. The van der Waals surface area contributed by atoms with Gasteiger partial charge in [-0.25, -0.2) is 4.79 Å². The number of amides is 1. The smallest absolute Gasteiger partial charge is 0.410 e. The Morgan fingerprint density at radius 1 is 1.16 bits per heavy atom. The minimum atomic E-state index is -3.32. The van der Waals surface area contributed by atoms with Crippen molar-refractivity contribution < 1.29 is 23.1 Å². The van der Waals surface area contributed by atoms with Crippen molar-refractivity contribution in [3.8, 4) is 0 Å². The van der Waals surface area contributed by atoms with E-state index in [-0.39, 0.29) is 11.7 Å². The van der Waals surface area contributed by atoms with Crippen LogP contribution in [0.3, 0.4) is 0 Å². The molecule has 7 heteroatoms. The van der Waals surface area contributed by atoms with Gasteiger partial charge in [0.2, 0.25) is 5.78 Å². The van der Waals surface area contributed by atoms with Gasteiger partial charge in [0.05, 0.1) is 0 Å². The Labute approximate surface area is 145 Å². The standard InChI is InChI=1S/C18H22F2N2O3/c1-17(2,3)25-16(24)22-9-7-21(8-10-22)14-6-4-5-12-13(14)11-18(19,20)15(12)23/h4-6H,7-11H2,1-3H3. The van der Waals surface area contributed by atoms with Gasteiger partial charge in [-0.3, -0.25) is 4.79 Å². The van der Waals surface area contributed by atoms with Gasteiger partial charge >= 0.3 is 12.0 Å². The molecule has 0 atom stereocenters. The lowest BCUT2D eigenvalue weighted by molar-refractivity contribution is 0.0168. The molecule has 1 heterocycles. The van der Waals surface area contributed by atoms with E-state index in [0.717, 1.165) is 0 Å². The van der Waals surface area contributed by atoms with E-state index in [9.17, 15) is 18.4 Å². The van der Waals surface area contributed by atoms with E-state index in [1.54, 1.807) is 17.0 Å². The maximum Gasteiger partial charge on any atom is 0.410 e. The van der Waals surface area contributed by atoms with Gasteiger partial charge in [-0.05, 0) is 32.4 Å². The van der Waals surface area contributed by atoms with E-state index in [2.05, 4.69) is 0 Å². The minimum absolute atomic E-state index is 0.108. The maximum atomic E-state index is 13.8. The van der Waals surface area contributed by atoms with Crippen LogP contribution in [0.5, 0.6) is 0 Å². The fourth-order valence-corrected chi connectivity index (χ4v) is 3.23. The number of carbonyl (C=O) groups is 2. The Kier molecular flexibility index (Phi) is 4.21. The van der Waals surface area contributed by atoms with E-state index >= 15 is 0 Å². The van der Waals surface area contributed by atoms with Crippen LogP contribution in [-0.2, 0) is 11.2 Å². The van der Waals surface area contributed by atoms with E-state index in [4.69, 9.17) is 4.74 Å². The molecule has 0 N–H and O–H groups in total. The van der Waals surface area contributed by atoms with Gasteiger partial charge in [-0.2, -0.15) is 8.78 Å². The zero-order chi connectivity index (χ0) is 18.4. The number of ketones is 1. The Morgan fingerprint density at radius 2 is 1.80 bits per heavy atom. The molecule has 136 valence electrons. The van der Waals surface area contributed by atoms with Gasteiger partial charge in [0.15, 0.2) is 0 Å². The molecule has 0 bridgehead atoms. The molecule has 1 fully saturated rings. The fraction of sp³-hybridized carbons (Fsp3) is 0.556. The Bertz CT molecular complexity index is 705. The molecule has 0 radical (unpaired) electrons. The van der Waals surface area contributed by atoms with Crippen molar-refractivity contribution in [1.82, 2.24) is 4.90 Å². The van der Waals surface area contributed by atoms with E-state index in [1.807, 2.05) is 25.7 Å². The number of halogens is 2. The van der Waals surface area contributed by atoms with Crippen LogP contribution in [0.25, 0.3) is 0 Å². The first kappa shape index (κ1) is 17.6. The maximum absolute atomic E-state index is 13.8. The molecule has 0 spiro atoms. The summed E-state index contributed by atoms with van der Waals surface area (Å²) in [5.41, 5.74) is 0.618. The normalized spacial score (nSPS) is 19.8. The Balaban J connectivity index is 1.71. The summed E-state index contributed by atoms with van der Waals surface area (Å²) in [6.07, 6.45) is -0.920. The summed E-state index contributed by atoms with van der Waals surface area (Å²) in [7, 11) is 0. The number of Topliss-reactive ketones (excluding diaryl/α,β-unsaturated/α-hetero) is 1. The number of fused-ring (bicyclic) bond motifs is 1. The number of piperazine rings is 1. The van der Waals surface area contributed by atoms with E-state index < -0.39 is 23.7 Å². The highest BCUT2D eigenvalue weighted by Gasteiger charge is 2.48. The second kappa shape index (κ2) is 5.97. The Hall–Kier alpha value is -2.18. The van der Waals surface area contributed by atoms with Gasteiger partial charge in [-0.15, -0.1) is 0 Å². The molecular formula is C18H22F2N2O3. The quantitative estimate of drug-likeness (QED) is 0.779. The largest absolute Gasteiger partial charge is 0.444 e. The van der Waals surface area contributed by atoms with Gasteiger partial charge in [-0.1, -0.05) is 12.1 Å². The number of alkyl halides is 2. The van der Waals surface area contributed by atoms with Crippen molar-refractivity contribution in [2.24, 2.45) is 0 Å². The number of benzene rings is 1. The number of ether oxygens (including phenoxy) is 1. The highest BCUT2D eigenvalue weighted by atomic mass is 19.3. The van der Waals surface area contributed by atoms with Crippen molar-refractivity contribution in [3.05, 3.63) is 29.3 Å². The first-order chi connectivity index (χ1) is 11.6. The van der Waals surface area contributed by atoms with Crippen molar-refractivity contribution in [2.75, 3.05) is 31.1 Å². The SMILES string of the molecule is CC(C)(C)OC(=O)N1CCN(c2cccc3c2CC(F)(F)C3=O)CC1. The summed E-state index contributed by atoms with van der Waals surface area (Å²) in [5, 5.41) is 0. The van der Waals surface area contributed by atoms with E-state index in [1.165, 1.54) is 6.07 Å². The average molecular weight is 352 g/mol. The second-order valence-corrected chi connectivity index (χ2v) is 7.47. The third-order valence-electron chi connectivity index (χ3n) is 4.40. The third kappa shape index (κ3) is 3.45. The predicted molar refractivity (Wildman–Crippen MR) is 89.4 cm³/mol. The van der Waals surface area contributed by atoms with Crippen LogP contribution < -0.4 is 4.90 Å². The van der Waals surface area contributed by atoms with Crippen molar-refractivity contribution in [3.63, 3.8) is 0 Å². The van der Waals surface area contributed by atoms with Crippen LogP contribution in [0.2, 0.25) is 0 Å². The number of hydrogen-bond acceptors (Lipinski definition) is 4. The van der Waals surface area contributed by atoms with Crippen LogP contribution in [0.15, 0.2) is 18.2 Å². The van der Waals surface area contributed by atoms with Crippen molar-refractivity contribution in [2.45, 2.75) is 38.7 Å². The highest BCUT2D eigenvalue weighted by Crippen LogP contribution is 2.39. The molecule has 0 aromatic heterocycles. The van der Waals surface area contributed by atoms with Crippen molar-refractivity contribution >= 4 is 17.6 Å². The molecule has 1 aliphatic heterocycles. The second-order valence-electron chi connectivity index (χ2n) is 7.47. The summed E-state index contributed by atoms with van der Waals surface area (Å²) in [4.78, 5) is 27.5. The number of nitrogens with zero attached hydrogens (tertiary/aromatic N) is 2. The molecule has 5 nitrogen and oxygen atoms in total. The lowest BCUT2D eigenvalue weighted by Crippen LogP contribution is -2.50. The topological polar surface area (TPSA) is 49.9 Å². The summed E-state index contributed by atoms with van der Waals surface area (Å²) in [6, 6.07) is 4.85. The summed E-state index contributed by atoms with van der Waals surface area (Å²) >= 11 is 0. The van der Waals surface area contributed by atoms with Crippen molar-refractivity contribution in [1.29, 1.82) is 0 Å². The molecule has 25 heavy (non-hydrogen) atoms. The van der Waals surface area contributed by atoms with Gasteiger partial charge < -0.3 is 14.5 Å². The fourth-order valence-electron chi connectivity index (χ4n) is 3.23. The van der Waals surface area contributed by atoms with Crippen LogP contribution in [-0.4, -0.2) is 54.5 Å². The molecule has 1 amide bonds. The zero-order valence-electron chi connectivity index (χ0n) is 14.6. The molecule has 1 saturated heterocycles. The van der Waals surface area contributed by atoms with Crippen LogP contribution in [0, 0.1) is 0 Å². The number of hydrogen-bond donors (Lipinski definition) is 0. The first-order valence-corrected chi connectivity index (χ1v) is 8.36. The van der Waals surface area contributed by atoms with Gasteiger partial charge in [0, 0.05) is 43.9 Å². The summed E-state index contributed by atoms with van der Waals surface area (Å²) in [6.45, 7) is 7.35. The van der Waals surface area contributed by atoms with Gasteiger partial charge in [0.1, 0.15) is 5.60 Å². The molecule has 0 saturated carbocycles. The number of carbonyl (C=O) groups excluding carboxylic acids is 2. The average Bonchev–Trinajstić information content (AvgIpc) is 2.76. The summed E-state index contributed by atoms with van der Waals surface area (Å²) in [5.74, 6) is -4.42. The Morgan fingerprint density at radius 3 is 2.40 bits per heavy atom. The first-order valence-electron chi connectivity index (χ1n) is 8.36. The monoisotopic (exact) mass is 352 g/mol. The highest BCUT2D eigenvalue weighted by molar-refractivity contribution is 6.07. The van der Waals surface area contributed by atoms with Crippen LogP contribution in [0.4, 0.5) is 19.3 Å². The number of rotatable bonds is 1. The minimum Gasteiger partial charge on any atom is -0.444 e. The lowest BCUT2D eigenvalue weighted by Gasteiger charge is -2.37. The summed E-state index contributed by atoms with van der Waals surface area (Å²) < 4.78 is 32.9.